The average molecular weight is 390 g/mol. The molecule has 1 aromatic rings. The molecule has 0 aromatic carbocycles. The molecule has 3 rings (SSSR count). The Kier molecular flexibility index (Phi) is 5.86. The van der Waals surface area contributed by atoms with E-state index in [0.717, 1.165) is 24.3 Å². The summed E-state index contributed by atoms with van der Waals surface area (Å²) in [6, 6.07) is 1.86. The zero-order valence-corrected chi connectivity index (χ0v) is 16.2. The maximum absolute atomic E-state index is 12.9. The molecule has 1 N–H and O–H groups in total. The van der Waals surface area contributed by atoms with Gasteiger partial charge < -0.3 is 10.2 Å². The lowest BCUT2D eigenvalue weighted by Gasteiger charge is -2.32. The number of likely N-dealkylation sites (tertiary alicyclic amines) is 1. The molecule has 24 heavy (non-hydrogen) atoms. The van der Waals surface area contributed by atoms with Crippen LogP contribution < -0.4 is 5.32 Å². The summed E-state index contributed by atoms with van der Waals surface area (Å²) in [4.78, 5) is 15.2. The monoisotopic (exact) mass is 389 g/mol. The van der Waals surface area contributed by atoms with Crippen LogP contribution >= 0.6 is 23.1 Å². The van der Waals surface area contributed by atoms with Gasteiger partial charge in [0.05, 0.1) is 0 Å². The predicted octanol–water partition coefficient (Wildman–Crippen LogP) is 1.31. The third kappa shape index (κ3) is 3.65. The first-order valence-corrected chi connectivity index (χ1v) is 11.6. The number of carbonyl (C=O) groups is 1. The third-order valence-electron chi connectivity index (χ3n) is 4.53. The van der Waals surface area contributed by atoms with Crippen LogP contribution in [0.5, 0.6) is 0 Å². The zero-order chi connectivity index (χ0) is 17.2. The molecule has 1 atom stereocenters. The second-order valence-electron chi connectivity index (χ2n) is 6.01. The number of nitrogens with one attached hydrogen (secondary N) is 1. The summed E-state index contributed by atoms with van der Waals surface area (Å²) in [7, 11) is -1.69. The van der Waals surface area contributed by atoms with Gasteiger partial charge >= 0.3 is 0 Å². The molecule has 3 heterocycles. The van der Waals surface area contributed by atoms with Crippen molar-refractivity contribution in [1.82, 2.24) is 14.5 Å². The Morgan fingerprint density at radius 1 is 1.29 bits per heavy atom. The molecule has 0 radical (unpaired) electrons. The minimum Gasteiger partial charge on any atom is -0.336 e. The molecule has 0 aliphatic carbocycles. The number of likely N-dealkylation sites (N-methyl/N-ethyl adjacent to an activating group) is 1. The minimum absolute atomic E-state index is 0.157. The Hall–Kier alpha value is -0.610. The largest absolute Gasteiger partial charge is 0.336 e. The van der Waals surface area contributed by atoms with Crippen molar-refractivity contribution in [3.05, 3.63) is 16.3 Å². The molecule has 2 aliphatic rings. The number of amides is 1. The molecule has 2 aliphatic heterocycles. The van der Waals surface area contributed by atoms with Crippen LogP contribution in [0.3, 0.4) is 0 Å². The van der Waals surface area contributed by atoms with E-state index in [1.807, 2.05) is 7.05 Å². The highest BCUT2D eigenvalue weighted by molar-refractivity contribution is 7.99. The van der Waals surface area contributed by atoms with E-state index in [9.17, 15) is 13.2 Å². The first-order chi connectivity index (χ1) is 11.5. The van der Waals surface area contributed by atoms with Gasteiger partial charge in [-0.3, -0.25) is 4.79 Å². The van der Waals surface area contributed by atoms with Gasteiger partial charge in [0.2, 0.25) is 10.0 Å². The highest BCUT2D eigenvalue weighted by atomic mass is 32.2. The van der Waals surface area contributed by atoms with Crippen LogP contribution in [0.2, 0.25) is 0 Å². The summed E-state index contributed by atoms with van der Waals surface area (Å²) in [6.45, 7) is 2.35. The molecule has 1 aromatic heterocycles. The van der Waals surface area contributed by atoms with Crippen LogP contribution in [0.4, 0.5) is 0 Å². The standard InChI is InChI=1S/C15H23N3O3S3/c1-16-12-3-2-5-17(11-12)15(19)14-13(4-8-23-14)24(20,21)18-6-9-22-10-7-18/h4,8,12,16H,2-3,5-7,9-11H2,1H3. The van der Waals surface area contributed by atoms with Gasteiger partial charge in [0.15, 0.2) is 0 Å². The average Bonchev–Trinajstić information content (AvgIpc) is 3.12. The molecule has 0 saturated carbocycles. The summed E-state index contributed by atoms with van der Waals surface area (Å²) in [5.74, 6) is 1.46. The van der Waals surface area contributed by atoms with Crippen molar-refractivity contribution >= 4 is 39.0 Å². The first kappa shape index (κ1) is 18.2. The van der Waals surface area contributed by atoms with E-state index < -0.39 is 10.0 Å². The molecule has 134 valence electrons. The van der Waals surface area contributed by atoms with Gasteiger partial charge in [-0.15, -0.1) is 11.3 Å². The maximum Gasteiger partial charge on any atom is 0.265 e. The van der Waals surface area contributed by atoms with E-state index in [0.29, 0.717) is 31.1 Å². The summed E-state index contributed by atoms with van der Waals surface area (Å²) < 4.78 is 27.3. The van der Waals surface area contributed by atoms with Crippen molar-refractivity contribution in [2.75, 3.05) is 44.7 Å². The van der Waals surface area contributed by atoms with Gasteiger partial charge in [0.1, 0.15) is 9.77 Å². The molecule has 9 heteroatoms. The van der Waals surface area contributed by atoms with E-state index >= 15 is 0 Å². The fraction of sp³-hybridized carbons (Fsp3) is 0.667. The number of carbonyl (C=O) groups excluding carboxylic acids is 1. The van der Waals surface area contributed by atoms with E-state index in [1.165, 1.54) is 15.6 Å². The van der Waals surface area contributed by atoms with Gasteiger partial charge in [-0.05, 0) is 31.3 Å². The Bertz CT molecular complexity index is 683. The fourth-order valence-corrected chi connectivity index (χ4v) is 7.06. The lowest BCUT2D eigenvalue weighted by Crippen LogP contribution is -2.47. The van der Waals surface area contributed by atoms with E-state index in [2.05, 4.69) is 5.32 Å². The third-order valence-corrected chi connectivity index (χ3v) is 8.44. The number of hydrogen-bond acceptors (Lipinski definition) is 6. The Morgan fingerprint density at radius 2 is 2.04 bits per heavy atom. The molecular weight excluding hydrogens is 366 g/mol. The topological polar surface area (TPSA) is 69.7 Å². The van der Waals surface area contributed by atoms with Gasteiger partial charge in [-0.25, -0.2) is 8.42 Å². The highest BCUT2D eigenvalue weighted by Gasteiger charge is 2.33. The summed E-state index contributed by atoms with van der Waals surface area (Å²) in [5.41, 5.74) is 0. The van der Waals surface area contributed by atoms with Crippen LogP contribution in [-0.2, 0) is 10.0 Å². The van der Waals surface area contributed by atoms with Crippen LogP contribution in [0.15, 0.2) is 16.3 Å². The van der Waals surface area contributed by atoms with Crippen molar-refractivity contribution in [3.63, 3.8) is 0 Å². The van der Waals surface area contributed by atoms with Crippen molar-refractivity contribution in [2.24, 2.45) is 0 Å². The van der Waals surface area contributed by atoms with Crippen molar-refractivity contribution < 1.29 is 13.2 Å². The number of piperidine rings is 1. The molecule has 0 bridgehead atoms. The number of nitrogens with zero attached hydrogens (tertiary/aromatic N) is 2. The van der Waals surface area contributed by atoms with E-state index in [1.54, 1.807) is 28.1 Å². The van der Waals surface area contributed by atoms with Crippen molar-refractivity contribution in [2.45, 2.75) is 23.8 Å². The molecule has 0 spiro atoms. The molecule has 1 unspecified atom stereocenters. The number of thiophene rings is 1. The highest BCUT2D eigenvalue weighted by Crippen LogP contribution is 2.29. The quantitative estimate of drug-likeness (QED) is 0.841. The van der Waals surface area contributed by atoms with Crippen LogP contribution in [0.1, 0.15) is 22.5 Å². The SMILES string of the molecule is CNC1CCCN(C(=O)c2sccc2S(=O)(=O)N2CCSCC2)C1. The van der Waals surface area contributed by atoms with Crippen molar-refractivity contribution in [1.29, 1.82) is 0 Å². The van der Waals surface area contributed by atoms with E-state index in [-0.39, 0.29) is 16.8 Å². The van der Waals surface area contributed by atoms with E-state index in [4.69, 9.17) is 0 Å². The van der Waals surface area contributed by atoms with Crippen molar-refractivity contribution in [3.8, 4) is 0 Å². The number of thioether (sulfide) groups is 1. The Balaban J connectivity index is 1.83. The van der Waals surface area contributed by atoms with Gasteiger partial charge in [0, 0.05) is 43.7 Å². The van der Waals surface area contributed by atoms with Gasteiger partial charge in [-0.2, -0.15) is 16.1 Å². The molecule has 2 saturated heterocycles. The lowest BCUT2D eigenvalue weighted by atomic mass is 10.1. The smallest absolute Gasteiger partial charge is 0.265 e. The molecular formula is C15H23N3O3S3. The Labute approximate surface area is 151 Å². The van der Waals surface area contributed by atoms with Crippen LogP contribution in [0.25, 0.3) is 0 Å². The van der Waals surface area contributed by atoms with Gasteiger partial charge in [-0.1, -0.05) is 0 Å². The normalized spacial score (nSPS) is 23.4. The van der Waals surface area contributed by atoms with Crippen LogP contribution in [0, 0.1) is 0 Å². The molecule has 6 nitrogen and oxygen atoms in total. The summed E-state index contributed by atoms with van der Waals surface area (Å²) in [5, 5.41) is 4.92. The fourth-order valence-electron chi connectivity index (χ4n) is 3.12. The molecule has 2 fully saturated rings. The lowest BCUT2D eigenvalue weighted by molar-refractivity contribution is 0.0699. The zero-order valence-electron chi connectivity index (χ0n) is 13.7. The predicted molar refractivity (Wildman–Crippen MR) is 98.4 cm³/mol. The number of sulfonamides is 1. The van der Waals surface area contributed by atoms with Crippen LogP contribution in [-0.4, -0.2) is 74.3 Å². The minimum atomic E-state index is -3.58. The number of hydrogen-bond donors (Lipinski definition) is 1. The second-order valence-corrected chi connectivity index (χ2v) is 10.1. The number of rotatable bonds is 4. The summed E-state index contributed by atoms with van der Waals surface area (Å²) >= 11 is 2.99. The maximum atomic E-state index is 12.9. The summed E-state index contributed by atoms with van der Waals surface area (Å²) in [6.07, 6.45) is 1.98. The Morgan fingerprint density at radius 3 is 2.75 bits per heavy atom. The molecule has 1 amide bonds. The second kappa shape index (κ2) is 7.74. The van der Waals surface area contributed by atoms with Gasteiger partial charge in [0.25, 0.3) is 5.91 Å². The first-order valence-electron chi connectivity index (χ1n) is 8.16.